The first-order chi connectivity index (χ1) is 8.93. The van der Waals surface area contributed by atoms with E-state index in [0.29, 0.717) is 19.3 Å². The molecular formula is C16H20O3. The molecule has 0 aliphatic heterocycles. The van der Waals surface area contributed by atoms with Gasteiger partial charge in [0.1, 0.15) is 17.3 Å². The fourth-order valence-corrected chi connectivity index (χ4v) is 2.75. The van der Waals surface area contributed by atoms with Crippen LogP contribution in [0.1, 0.15) is 32.3 Å². The molecule has 1 aromatic carbocycles. The zero-order valence-electron chi connectivity index (χ0n) is 11.7. The number of benzene rings is 1. The number of carbonyl (C=O) groups is 2. The summed E-state index contributed by atoms with van der Waals surface area (Å²) in [6.45, 7) is 3.95. The number of para-hydroxylation sites is 1. The summed E-state index contributed by atoms with van der Waals surface area (Å²) in [4.78, 5) is 24.3. The molecule has 1 aromatic rings. The molecule has 0 amide bonds. The highest BCUT2D eigenvalue weighted by atomic mass is 16.5. The van der Waals surface area contributed by atoms with E-state index in [1.165, 1.54) is 0 Å². The van der Waals surface area contributed by atoms with Crippen LogP contribution in [0.25, 0.3) is 0 Å². The lowest BCUT2D eigenvalue weighted by molar-refractivity contribution is -0.139. The fraction of sp³-hybridized carbons (Fsp3) is 0.500. The molecule has 0 heterocycles. The molecule has 0 bridgehead atoms. The van der Waals surface area contributed by atoms with Crippen molar-refractivity contribution < 1.29 is 14.3 Å². The molecule has 1 aliphatic carbocycles. The third-order valence-corrected chi connectivity index (χ3v) is 3.70. The standard InChI is InChI=1S/C16H20O3/c1-16(2)9-13(17)12(14(18)10-16)8-11-6-4-5-7-15(11)19-3/h4-7,12H,8-10H2,1-3H3. The Kier molecular flexibility index (Phi) is 3.74. The number of ketones is 2. The summed E-state index contributed by atoms with van der Waals surface area (Å²) in [5, 5.41) is 0. The maximum absolute atomic E-state index is 12.2. The van der Waals surface area contributed by atoms with Crippen LogP contribution in [0, 0.1) is 11.3 Å². The number of rotatable bonds is 3. The summed E-state index contributed by atoms with van der Waals surface area (Å²) in [6, 6.07) is 7.56. The van der Waals surface area contributed by atoms with Gasteiger partial charge in [-0.2, -0.15) is 0 Å². The van der Waals surface area contributed by atoms with Gasteiger partial charge in [0.05, 0.1) is 13.0 Å². The predicted octanol–water partition coefficient (Wildman–Crippen LogP) is 2.81. The van der Waals surface area contributed by atoms with Crippen molar-refractivity contribution >= 4 is 11.6 Å². The quantitative estimate of drug-likeness (QED) is 0.785. The van der Waals surface area contributed by atoms with Gasteiger partial charge in [-0.3, -0.25) is 9.59 Å². The van der Waals surface area contributed by atoms with Crippen LogP contribution in [0.3, 0.4) is 0 Å². The number of hydrogen-bond donors (Lipinski definition) is 0. The van der Waals surface area contributed by atoms with E-state index >= 15 is 0 Å². The topological polar surface area (TPSA) is 43.4 Å². The van der Waals surface area contributed by atoms with Crippen molar-refractivity contribution in [3.8, 4) is 5.75 Å². The Bertz CT molecular complexity index is 482. The molecule has 102 valence electrons. The molecule has 19 heavy (non-hydrogen) atoms. The Morgan fingerprint density at radius 2 is 1.74 bits per heavy atom. The van der Waals surface area contributed by atoms with Crippen LogP contribution in [0.5, 0.6) is 5.75 Å². The lowest BCUT2D eigenvalue weighted by atomic mass is 9.70. The molecule has 0 spiro atoms. The van der Waals surface area contributed by atoms with Gasteiger partial charge in [-0.15, -0.1) is 0 Å². The smallest absolute Gasteiger partial charge is 0.144 e. The van der Waals surface area contributed by atoms with Crippen molar-refractivity contribution in [3.05, 3.63) is 29.8 Å². The molecular weight excluding hydrogens is 240 g/mol. The molecule has 1 saturated carbocycles. The maximum atomic E-state index is 12.2. The Morgan fingerprint density at radius 3 is 2.32 bits per heavy atom. The number of hydrogen-bond acceptors (Lipinski definition) is 3. The maximum Gasteiger partial charge on any atom is 0.144 e. The normalized spacial score (nSPS) is 19.5. The minimum absolute atomic E-state index is 0.0622. The van der Waals surface area contributed by atoms with Gasteiger partial charge < -0.3 is 4.74 Å². The third-order valence-electron chi connectivity index (χ3n) is 3.70. The van der Waals surface area contributed by atoms with Gasteiger partial charge in [-0.05, 0) is 23.5 Å². The second kappa shape index (κ2) is 5.16. The summed E-state index contributed by atoms with van der Waals surface area (Å²) in [5.41, 5.74) is 0.738. The number of ether oxygens (including phenoxy) is 1. The van der Waals surface area contributed by atoms with Gasteiger partial charge >= 0.3 is 0 Å². The van der Waals surface area contributed by atoms with E-state index in [2.05, 4.69) is 0 Å². The summed E-state index contributed by atoms with van der Waals surface area (Å²) in [5.74, 6) is 0.372. The molecule has 0 radical (unpaired) electrons. The SMILES string of the molecule is COc1ccccc1CC1C(=O)CC(C)(C)CC1=O. The summed E-state index contributed by atoms with van der Waals surface area (Å²) in [6.07, 6.45) is 1.43. The molecule has 2 rings (SSSR count). The van der Waals surface area contributed by atoms with Crippen molar-refractivity contribution in [1.82, 2.24) is 0 Å². The van der Waals surface area contributed by atoms with Crippen LogP contribution >= 0.6 is 0 Å². The van der Waals surface area contributed by atoms with Gasteiger partial charge in [0, 0.05) is 12.8 Å². The average molecular weight is 260 g/mol. The van der Waals surface area contributed by atoms with Crippen molar-refractivity contribution in [2.75, 3.05) is 7.11 Å². The van der Waals surface area contributed by atoms with E-state index in [1.807, 2.05) is 38.1 Å². The lowest BCUT2D eigenvalue weighted by Gasteiger charge is -2.32. The van der Waals surface area contributed by atoms with Crippen LogP contribution in [0.2, 0.25) is 0 Å². The molecule has 0 atom stereocenters. The minimum atomic E-state index is -0.496. The van der Waals surface area contributed by atoms with Gasteiger partial charge in [0.2, 0.25) is 0 Å². The van der Waals surface area contributed by atoms with E-state index in [4.69, 9.17) is 4.74 Å². The molecule has 1 fully saturated rings. The van der Waals surface area contributed by atoms with E-state index in [0.717, 1.165) is 11.3 Å². The molecule has 0 aromatic heterocycles. The van der Waals surface area contributed by atoms with Crippen LogP contribution in [-0.2, 0) is 16.0 Å². The second-order valence-electron chi connectivity index (χ2n) is 6.02. The highest BCUT2D eigenvalue weighted by Gasteiger charge is 2.39. The van der Waals surface area contributed by atoms with Crippen molar-refractivity contribution in [3.63, 3.8) is 0 Å². The first-order valence-electron chi connectivity index (χ1n) is 6.60. The van der Waals surface area contributed by atoms with E-state index in [9.17, 15) is 9.59 Å². The van der Waals surface area contributed by atoms with Crippen molar-refractivity contribution in [2.24, 2.45) is 11.3 Å². The van der Waals surface area contributed by atoms with Crippen molar-refractivity contribution in [1.29, 1.82) is 0 Å². The first-order valence-corrected chi connectivity index (χ1v) is 6.60. The Balaban J connectivity index is 2.19. The zero-order valence-corrected chi connectivity index (χ0v) is 11.7. The van der Waals surface area contributed by atoms with E-state index < -0.39 is 5.92 Å². The van der Waals surface area contributed by atoms with E-state index in [-0.39, 0.29) is 17.0 Å². The molecule has 1 aliphatic rings. The summed E-state index contributed by atoms with van der Waals surface area (Å²) >= 11 is 0. The number of carbonyl (C=O) groups excluding carboxylic acids is 2. The van der Waals surface area contributed by atoms with Gasteiger partial charge in [0.25, 0.3) is 0 Å². The minimum Gasteiger partial charge on any atom is -0.496 e. The van der Waals surface area contributed by atoms with Crippen LogP contribution < -0.4 is 4.74 Å². The van der Waals surface area contributed by atoms with Gasteiger partial charge in [-0.25, -0.2) is 0 Å². The van der Waals surface area contributed by atoms with Crippen LogP contribution in [-0.4, -0.2) is 18.7 Å². The molecule has 3 nitrogen and oxygen atoms in total. The molecule has 0 unspecified atom stereocenters. The number of methoxy groups -OCH3 is 1. The lowest BCUT2D eigenvalue weighted by Crippen LogP contribution is -2.38. The Hall–Kier alpha value is -1.64. The second-order valence-corrected chi connectivity index (χ2v) is 6.02. The molecule has 3 heteroatoms. The Labute approximate surface area is 114 Å². The highest BCUT2D eigenvalue weighted by Crippen LogP contribution is 2.35. The summed E-state index contributed by atoms with van der Waals surface area (Å²) in [7, 11) is 1.60. The fourth-order valence-electron chi connectivity index (χ4n) is 2.75. The predicted molar refractivity (Wildman–Crippen MR) is 73.2 cm³/mol. The first kappa shape index (κ1) is 13.8. The van der Waals surface area contributed by atoms with Crippen LogP contribution in [0.15, 0.2) is 24.3 Å². The molecule has 0 saturated heterocycles. The molecule has 0 N–H and O–H groups in total. The average Bonchev–Trinajstić information content (AvgIpc) is 2.33. The van der Waals surface area contributed by atoms with Gasteiger partial charge in [0.15, 0.2) is 0 Å². The monoisotopic (exact) mass is 260 g/mol. The highest BCUT2D eigenvalue weighted by molar-refractivity contribution is 6.05. The van der Waals surface area contributed by atoms with E-state index in [1.54, 1.807) is 7.11 Å². The summed E-state index contributed by atoms with van der Waals surface area (Å²) < 4.78 is 5.28. The van der Waals surface area contributed by atoms with Crippen LogP contribution in [0.4, 0.5) is 0 Å². The van der Waals surface area contributed by atoms with Gasteiger partial charge in [-0.1, -0.05) is 32.0 Å². The zero-order chi connectivity index (χ0) is 14.0. The largest absolute Gasteiger partial charge is 0.496 e. The Morgan fingerprint density at radius 1 is 1.16 bits per heavy atom. The third kappa shape index (κ3) is 3.03. The van der Waals surface area contributed by atoms with Crippen molar-refractivity contribution in [2.45, 2.75) is 33.1 Å². The number of Topliss-reactive ketones (excluding diaryl/α,β-unsaturated/α-hetero) is 2.